The summed E-state index contributed by atoms with van der Waals surface area (Å²) < 4.78 is 13.4. The van der Waals surface area contributed by atoms with E-state index in [0.717, 1.165) is 31.0 Å². The minimum absolute atomic E-state index is 0.0938. The lowest BCUT2D eigenvalue weighted by atomic mass is 9.61. The summed E-state index contributed by atoms with van der Waals surface area (Å²) in [5.41, 5.74) is 3.07. The molecule has 2 fully saturated rings. The fourth-order valence-corrected chi connectivity index (χ4v) is 5.52. The van der Waals surface area contributed by atoms with E-state index in [1.165, 1.54) is 16.7 Å². The topological polar surface area (TPSA) is 21.7 Å². The van der Waals surface area contributed by atoms with Crippen molar-refractivity contribution in [2.45, 2.75) is 76.2 Å². The van der Waals surface area contributed by atoms with Gasteiger partial charge in [0.05, 0.1) is 11.2 Å². The number of hydrogen-bond donors (Lipinski definition) is 0. The highest BCUT2D eigenvalue weighted by Crippen LogP contribution is 2.69. The average Bonchev–Trinajstić information content (AvgIpc) is 3.57. The molecular formula is C30H35BClNO2. The van der Waals surface area contributed by atoms with E-state index in [1.54, 1.807) is 0 Å². The number of hydrogen-bond acceptors (Lipinski definition) is 3. The molecule has 0 radical (unpaired) electrons. The Morgan fingerprint density at radius 1 is 0.771 bits per heavy atom. The first-order chi connectivity index (χ1) is 16.7. The van der Waals surface area contributed by atoms with Crippen LogP contribution in [0.5, 0.6) is 0 Å². The van der Waals surface area contributed by atoms with E-state index < -0.39 is 0 Å². The van der Waals surface area contributed by atoms with Crippen molar-refractivity contribution in [3.63, 3.8) is 0 Å². The second kappa shape index (κ2) is 9.40. The zero-order valence-electron chi connectivity index (χ0n) is 21.2. The first-order valence-corrected chi connectivity index (χ1v) is 13.0. The molecule has 1 saturated heterocycles. The van der Waals surface area contributed by atoms with Crippen LogP contribution in [0.3, 0.4) is 0 Å². The third-order valence-electron chi connectivity index (χ3n) is 8.08. The Hall–Kier alpha value is -2.11. The molecule has 0 amide bonds. The van der Waals surface area contributed by atoms with Crippen molar-refractivity contribution >= 4 is 18.7 Å². The van der Waals surface area contributed by atoms with Gasteiger partial charge >= 0.3 is 7.12 Å². The van der Waals surface area contributed by atoms with Crippen LogP contribution in [0.2, 0.25) is 10.3 Å². The molecule has 1 heterocycles. The molecule has 0 bridgehead atoms. The van der Waals surface area contributed by atoms with Crippen molar-refractivity contribution in [2.24, 2.45) is 0 Å². The molecule has 35 heavy (non-hydrogen) atoms. The van der Waals surface area contributed by atoms with Gasteiger partial charge in [0.1, 0.15) is 0 Å². The molecular weight excluding hydrogens is 453 g/mol. The van der Waals surface area contributed by atoms with Gasteiger partial charge in [-0.05, 0) is 69.4 Å². The molecule has 5 heteroatoms. The van der Waals surface area contributed by atoms with Crippen LogP contribution in [0.1, 0.15) is 63.3 Å². The summed E-state index contributed by atoms with van der Waals surface area (Å²) in [4.78, 5) is 2.59. The van der Waals surface area contributed by atoms with E-state index in [1.807, 2.05) is 6.07 Å². The van der Waals surface area contributed by atoms with Gasteiger partial charge in [-0.3, -0.25) is 4.90 Å². The van der Waals surface area contributed by atoms with Gasteiger partial charge in [0.2, 0.25) is 0 Å². The Kier molecular flexibility index (Phi) is 6.61. The Labute approximate surface area is 215 Å². The molecule has 3 nitrogen and oxygen atoms in total. The maximum atomic E-state index is 6.69. The van der Waals surface area contributed by atoms with E-state index in [9.17, 15) is 0 Å². The Bertz CT molecular complexity index is 1090. The van der Waals surface area contributed by atoms with Gasteiger partial charge in [-0.25, -0.2) is 0 Å². The van der Waals surface area contributed by atoms with Crippen LogP contribution in [0.25, 0.3) is 0 Å². The molecule has 1 unspecified atom stereocenters. The fourth-order valence-electron chi connectivity index (χ4n) is 5.32. The fraction of sp³-hybridized carbons (Fsp3) is 0.400. The third kappa shape index (κ3) is 4.95. The lowest BCUT2D eigenvalue weighted by Gasteiger charge is -2.39. The molecule has 0 N–H and O–H groups in total. The Balaban J connectivity index is 1.59. The molecule has 1 saturated carbocycles. The monoisotopic (exact) mass is 487 g/mol. The molecule has 3 aromatic carbocycles. The normalized spacial score (nSPS) is 20.7. The number of benzene rings is 3. The summed E-state index contributed by atoms with van der Waals surface area (Å²) in [6.45, 7) is 10.2. The van der Waals surface area contributed by atoms with E-state index in [0.29, 0.717) is 0 Å². The molecule has 2 aliphatic rings. The van der Waals surface area contributed by atoms with Crippen molar-refractivity contribution in [1.29, 1.82) is 0 Å². The minimum Gasteiger partial charge on any atom is -0.403 e. The van der Waals surface area contributed by atoms with Crippen LogP contribution in [0, 0.1) is 0 Å². The second-order valence-electron chi connectivity index (χ2n) is 11.2. The molecule has 3 aromatic rings. The van der Waals surface area contributed by atoms with Crippen molar-refractivity contribution in [2.75, 3.05) is 0 Å². The quantitative estimate of drug-likeness (QED) is 0.304. The van der Waals surface area contributed by atoms with Gasteiger partial charge in [0.15, 0.2) is 0 Å². The summed E-state index contributed by atoms with van der Waals surface area (Å²) in [5.74, 6) is 0. The maximum absolute atomic E-state index is 6.69. The summed E-state index contributed by atoms with van der Waals surface area (Å²) in [6.07, 6.45) is 2.11. The first kappa shape index (κ1) is 24.6. The predicted molar refractivity (Wildman–Crippen MR) is 144 cm³/mol. The van der Waals surface area contributed by atoms with Crippen molar-refractivity contribution in [3.05, 3.63) is 107 Å². The summed E-state index contributed by atoms with van der Waals surface area (Å²) in [7, 11) is -0.273. The minimum atomic E-state index is -0.365. The van der Waals surface area contributed by atoms with E-state index in [2.05, 4.69) is 111 Å². The standard InChI is InChI=1S/C30H35BClNO2/c1-28(2)29(3,4)35-31(34-28)30(18-19-30)27(25-16-11-17-26(32)20-25)33(21-23-12-7-5-8-13-23)22-24-14-9-6-10-15-24/h5-17,20,27H,18-19,21-22H2,1-4H3. The van der Waals surface area contributed by atoms with Crippen LogP contribution < -0.4 is 0 Å². The summed E-state index contributed by atoms with van der Waals surface area (Å²) in [6, 6.07) is 29.9. The molecule has 182 valence electrons. The van der Waals surface area contributed by atoms with Gasteiger partial charge in [0, 0.05) is 29.5 Å². The Morgan fingerprint density at radius 3 is 1.74 bits per heavy atom. The summed E-state index contributed by atoms with van der Waals surface area (Å²) in [5, 5.41) is 0.621. The molecule has 5 rings (SSSR count). The first-order valence-electron chi connectivity index (χ1n) is 12.6. The highest BCUT2D eigenvalue weighted by molar-refractivity contribution is 6.51. The summed E-state index contributed by atoms with van der Waals surface area (Å²) >= 11 is 6.55. The molecule has 0 spiro atoms. The van der Waals surface area contributed by atoms with Gasteiger partial charge in [-0.2, -0.15) is 0 Å². The zero-order valence-corrected chi connectivity index (χ0v) is 22.0. The lowest BCUT2D eigenvalue weighted by molar-refractivity contribution is 0.00578. The number of nitrogens with zero attached hydrogens (tertiary/aromatic N) is 1. The molecule has 1 atom stereocenters. The molecule has 1 aliphatic carbocycles. The van der Waals surface area contributed by atoms with Crippen LogP contribution >= 0.6 is 11.6 Å². The van der Waals surface area contributed by atoms with Crippen molar-refractivity contribution in [1.82, 2.24) is 4.90 Å². The highest BCUT2D eigenvalue weighted by atomic mass is 35.5. The van der Waals surface area contributed by atoms with Gasteiger partial charge in [0.25, 0.3) is 0 Å². The number of halogens is 1. The van der Waals surface area contributed by atoms with Crippen LogP contribution in [0.15, 0.2) is 84.9 Å². The Morgan fingerprint density at radius 2 is 1.29 bits per heavy atom. The smallest absolute Gasteiger partial charge is 0.403 e. The zero-order chi connectivity index (χ0) is 24.7. The average molecular weight is 488 g/mol. The SMILES string of the molecule is CC1(C)OB(C2(C(c3cccc(Cl)c3)N(Cc3ccccc3)Cc3ccccc3)CC2)OC1(C)C. The predicted octanol–water partition coefficient (Wildman–Crippen LogP) is 7.71. The second-order valence-corrected chi connectivity index (χ2v) is 11.6. The number of rotatable bonds is 8. The maximum Gasteiger partial charge on any atom is 0.466 e. The van der Waals surface area contributed by atoms with Crippen molar-refractivity contribution < 1.29 is 9.31 Å². The highest BCUT2D eigenvalue weighted by Gasteiger charge is 2.68. The van der Waals surface area contributed by atoms with Gasteiger partial charge < -0.3 is 9.31 Å². The molecule has 0 aromatic heterocycles. The van der Waals surface area contributed by atoms with E-state index in [-0.39, 0.29) is 29.7 Å². The van der Waals surface area contributed by atoms with Gasteiger partial charge in [-0.1, -0.05) is 84.4 Å². The van der Waals surface area contributed by atoms with Crippen LogP contribution in [-0.2, 0) is 22.4 Å². The van der Waals surface area contributed by atoms with Crippen LogP contribution in [0.4, 0.5) is 0 Å². The van der Waals surface area contributed by atoms with Crippen molar-refractivity contribution in [3.8, 4) is 0 Å². The van der Waals surface area contributed by atoms with Crippen LogP contribution in [-0.4, -0.2) is 23.2 Å². The largest absolute Gasteiger partial charge is 0.466 e. The third-order valence-corrected chi connectivity index (χ3v) is 8.32. The lowest BCUT2D eigenvalue weighted by Crippen LogP contribution is -2.41. The molecule has 1 aliphatic heterocycles. The van der Waals surface area contributed by atoms with E-state index >= 15 is 0 Å². The van der Waals surface area contributed by atoms with E-state index in [4.69, 9.17) is 20.9 Å². The van der Waals surface area contributed by atoms with Gasteiger partial charge in [-0.15, -0.1) is 0 Å².